The van der Waals surface area contributed by atoms with Crippen molar-refractivity contribution >= 4 is 24.1 Å². The van der Waals surface area contributed by atoms with Gasteiger partial charge in [-0.25, -0.2) is 0 Å². The number of nitrogens with zero attached hydrogens (tertiary/aromatic N) is 1. The highest BCUT2D eigenvalue weighted by molar-refractivity contribution is 5.98. The summed E-state index contributed by atoms with van der Waals surface area (Å²) in [4.78, 5) is 26.7. The van der Waals surface area contributed by atoms with Crippen LogP contribution in [-0.4, -0.2) is 49.4 Å². The first-order valence-corrected chi connectivity index (χ1v) is 9.86. The highest BCUT2D eigenvalue weighted by atomic mass is 35.5. The molecule has 5 nitrogen and oxygen atoms in total. The summed E-state index contributed by atoms with van der Waals surface area (Å²) in [7, 11) is 0. The van der Waals surface area contributed by atoms with E-state index in [1.165, 1.54) is 6.42 Å². The van der Waals surface area contributed by atoms with E-state index in [2.05, 4.69) is 12.2 Å². The molecule has 0 saturated carbocycles. The number of carbonyl (C=O) groups excluding carboxylic acids is 2. The van der Waals surface area contributed by atoms with Crippen LogP contribution in [0.2, 0.25) is 0 Å². The van der Waals surface area contributed by atoms with Crippen LogP contribution in [0.5, 0.6) is 5.75 Å². The molecule has 0 bridgehead atoms. The molecular weight excluding hydrogens is 364 g/mol. The van der Waals surface area contributed by atoms with E-state index in [4.69, 9.17) is 4.74 Å². The van der Waals surface area contributed by atoms with Crippen LogP contribution in [0.4, 0.5) is 0 Å². The first-order valence-electron chi connectivity index (χ1n) is 9.86. The van der Waals surface area contributed by atoms with E-state index < -0.39 is 0 Å². The number of hydrogen-bond acceptors (Lipinski definition) is 4. The molecule has 0 atom stereocenters. The third kappa shape index (κ3) is 5.69. The van der Waals surface area contributed by atoms with Gasteiger partial charge in [-0.3, -0.25) is 9.59 Å². The predicted octanol–water partition coefficient (Wildman–Crippen LogP) is 3.46. The van der Waals surface area contributed by atoms with Crippen molar-refractivity contribution in [2.75, 3.05) is 32.8 Å². The zero-order chi connectivity index (χ0) is 18.4. The van der Waals surface area contributed by atoms with Crippen molar-refractivity contribution in [3.63, 3.8) is 0 Å². The maximum absolute atomic E-state index is 12.4. The van der Waals surface area contributed by atoms with Crippen molar-refractivity contribution in [1.29, 1.82) is 0 Å². The number of benzene rings is 1. The number of ether oxygens (including phenoxy) is 1. The average molecular weight is 395 g/mol. The van der Waals surface area contributed by atoms with Crippen molar-refractivity contribution in [3.8, 4) is 5.75 Å². The summed E-state index contributed by atoms with van der Waals surface area (Å²) < 4.78 is 5.53. The molecule has 0 radical (unpaired) electrons. The Morgan fingerprint density at radius 2 is 1.81 bits per heavy atom. The van der Waals surface area contributed by atoms with E-state index in [0.717, 1.165) is 51.2 Å². The summed E-state index contributed by atoms with van der Waals surface area (Å²) in [5, 5.41) is 3.44. The van der Waals surface area contributed by atoms with Gasteiger partial charge >= 0.3 is 0 Å². The monoisotopic (exact) mass is 394 g/mol. The lowest BCUT2D eigenvalue weighted by Crippen LogP contribution is -2.44. The van der Waals surface area contributed by atoms with Gasteiger partial charge in [0.2, 0.25) is 5.91 Å². The minimum atomic E-state index is 0. The molecule has 0 aliphatic carbocycles. The van der Waals surface area contributed by atoms with Crippen LogP contribution in [0.25, 0.3) is 0 Å². The molecule has 2 heterocycles. The molecular formula is C21H31ClN2O3. The van der Waals surface area contributed by atoms with Crippen LogP contribution in [-0.2, 0) is 4.79 Å². The fraction of sp³-hybridized carbons (Fsp3) is 0.619. The van der Waals surface area contributed by atoms with Crippen molar-refractivity contribution in [2.24, 2.45) is 5.41 Å². The summed E-state index contributed by atoms with van der Waals surface area (Å²) in [6, 6.07) is 7.22. The van der Waals surface area contributed by atoms with Crippen LogP contribution in [0, 0.1) is 5.41 Å². The summed E-state index contributed by atoms with van der Waals surface area (Å²) in [5.41, 5.74) is 1.06. The Balaban J connectivity index is 0.00000261. The third-order valence-electron chi connectivity index (χ3n) is 5.72. The molecule has 2 aliphatic heterocycles. The second kappa shape index (κ2) is 10.1. The van der Waals surface area contributed by atoms with Gasteiger partial charge in [0.25, 0.3) is 0 Å². The van der Waals surface area contributed by atoms with Crippen LogP contribution in [0.15, 0.2) is 24.3 Å². The van der Waals surface area contributed by atoms with Gasteiger partial charge in [0.05, 0.1) is 6.61 Å². The topological polar surface area (TPSA) is 58.6 Å². The third-order valence-corrected chi connectivity index (χ3v) is 5.72. The van der Waals surface area contributed by atoms with Gasteiger partial charge in [-0.1, -0.05) is 6.92 Å². The van der Waals surface area contributed by atoms with Crippen molar-refractivity contribution in [1.82, 2.24) is 10.2 Å². The van der Waals surface area contributed by atoms with E-state index in [1.807, 2.05) is 17.0 Å². The van der Waals surface area contributed by atoms with E-state index >= 15 is 0 Å². The molecule has 0 aromatic heterocycles. The minimum absolute atomic E-state index is 0. The van der Waals surface area contributed by atoms with Gasteiger partial charge < -0.3 is 15.0 Å². The molecule has 1 aromatic carbocycles. The quantitative estimate of drug-likeness (QED) is 0.719. The zero-order valence-electron chi connectivity index (χ0n) is 16.2. The van der Waals surface area contributed by atoms with E-state index in [-0.39, 0.29) is 30.5 Å². The summed E-state index contributed by atoms with van der Waals surface area (Å²) in [6.07, 6.45) is 4.93. The van der Waals surface area contributed by atoms with Gasteiger partial charge in [-0.05, 0) is 61.9 Å². The first-order chi connectivity index (χ1) is 12.6. The Bertz CT molecular complexity index is 617. The summed E-state index contributed by atoms with van der Waals surface area (Å²) >= 11 is 0. The minimum Gasteiger partial charge on any atom is -0.494 e. The molecule has 2 saturated heterocycles. The summed E-state index contributed by atoms with van der Waals surface area (Å²) in [6.45, 7) is 6.59. The van der Waals surface area contributed by atoms with Crippen molar-refractivity contribution in [3.05, 3.63) is 29.8 Å². The SMILES string of the molecule is CCCOc1ccc(C(=O)CCC(=O)N2CCC3(CCNC3)CC2)cc1.Cl. The lowest BCUT2D eigenvalue weighted by Gasteiger charge is -2.38. The molecule has 2 fully saturated rings. The number of piperidine rings is 1. The smallest absolute Gasteiger partial charge is 0.223 e. The molecule has 2 aliphatic rings. The van der Waals surface area contributed by atoms with Crippen molar-refractivity contribution < 1.29 is 14.3 Å². The molecule has 0 unspecified atom stereocenters. The lowest BCUT2D eigenvalue weighted by molar-refractivity contribution is -0.133. The van der Waals surface area contributed by atoms with Gasteiger partial charge in [0.15, 0.2) is 5.78 Å². The van der Waals surface area contributed by atoms with Crippen molar-refractivity contribution in [2.45, 2.75) is 45.4 Å². The molecule has 27 heavy (non-hydrogen) atoms. The van der Waals surface area contributed by atoms with Gasteiger partial charge in [0, 0.05) is 38.0 Å². The van der Waals surface area contributed by atoms with E-state index in [0.29, 0.717) is 24.0 Å². The maximum Gasteiger partial charge on any atom is 0.223 e. The van der Waals surface area contributed by atoms with Crippen LogP contribution < -0.4 is 10.1 Å². The van der Waals surface area contributed by atoms with Crippen LogP contribution in [0.3, 0.4) is 0 Å². The van der Waals surface area contributed by atoms with Gasteiger partial charge in [-0.2, -0.15) is 0 Å². The Morgan fingerprint density at radius 3 is 2.41 bits per heavy atom. The number of rotatable bonds is 7. The first kappa shape index (κ1) is 21.7. The number of hydrogen-bond donors (Lipinski definition) is 1. The number of ketones is 1. The Kier molecular flexibility index (Phi) is 8.11. The van der Waals surface area contributed by atoms with E-state index in [9.17, 15) is 9.59 Å². The average Bonchev–Trinajstić information content (AvgIpc) is 3.13. The fourth-order valence-electron chi connectivity index (χ4n) is 3.93. The second-order valence-electron chi connectivity index (χ2n) is 7.60. The molecule has 1 aromatic rings. The number of halogens is 1. The largest absolute Gasteiger partial charge is 0.494 e. The summed E-state index contributed by atoms with van der Waals surface area (Å²) in [5.74, 6) is 0.916. The second-order valence-corrected chi connectivity index (χ2v) is 7.60. The van der Waals surface area contributed by atoms with Gasteiger partial charge in [-0.15, -0.1) is 12.4 Å². The van der Waals surface area contributed by atoms with E-state index in [1.54, 1.807) is 12.1 Å². The molecule has 6 heteroatoms. The molecule has 3 rings (SSSR count). The molecule has 1 spiro atoms. The molecule has 150 valence electrons. The Morgan fingerprint density at radius 1 is 1.11 bits per heavy atom. The number of carbonyl (C=O) groups is 2. The highest BCUT2D eigenvalue weighted by Gasteiger charge is 2.37. The lowest BCUT2D eigenvalue weighted by atomic mass is 9.78. The number of likely N-dealkylation sites (tertiary alicyclic amines) is 1. The normalized spacial score (nSPS) is 18.2. The fourth-order valence-corrected chi connectivity index (χ4v) is 3.93. The molecule has 1 amide bonds. The predicted molar refractivity (Wildman–Crippen MR) is 109 cm³/mol. The van der Waals surface area contributed by atoms with Crippen LogP contribution in [0.1, 0.15) is 55.8 Å². The number of amides is 1. The van der Waals surface area contributed by atoms with Gasteiger partial charge in [0.1, 0.15) is 5.75 Å². The highest BCUT2D eigenvalue weighted by Crippen LogP contribution is 2.37. The Hall–Kier alpha value is -1.59. The number of Topliss-reactive ketones (excluding diaryl/α,β-unsaturated/α-hetero) is 1. The number of nitrogens with one attached hydrogen (secondary N) is 1. The molecule has 1 N–H and O–H groups in total. The standard InChI is InChI=1S/C21H30N2O3.ClH/c1-2-15-26-18-5-3-17(4-6-18)19(24)7-8-20(25)23-13-10-21(11-14-23)9-12-22-16-21;/h3-6,22H,2,7-16H2,1H3;1H. The van der Waals surface area contributed by atoms with Crippen LogP contribution >= 0.6 is 12.4 Å². The zero-order valence-corrected chi connectivity index (χ0v) is 17.0. The maximum atomic E-state index is 12.4. The Labute approximate surface area is 168 Å².